The molecule has 1 aromatic rings. The van der Waals surface area contributed by atoms with Gasteiger partial charge in [-0.05, 0) is 13.2 Å². The Hall–Kier alpha value is -1.67. The van der Waals surface area contributed by atoms with Crippen LogP contribution in [0.5, 0.6) is 0 Å². The number of hydrogen-bond acceptors (Lipinski definition) is 7. The van der Waals surface area contributed by atoms with Crippen LogP contribution in [0.1, 0.15) is 17.3 Å². The van der Waals surface area contributed by atoms with Crippen molar-refractivity contribution in [3.8, 4) is 0 Å². The maximum absolute atomic E-state index is 10.9. The van der Waals surface area contributed by atoms with Crippen molar-refractivity contribution in [2.24, 2.45) is 5.10 Å². The van der Waals surface area contributed by atoms with Crippen LogP contribution in [0, 0.1) is 0 Å². The minimum atomic E-state index is -1.14. The molecular weight excluding hydrogens is 244 g/mol. The predicted octanol–water partition coefficient (Wildman–Crippen LogP) is 0.677. The number of aliphatic hydroxyl groups excluding tert-OH is 1. The number of nitrogens with zero attached hydrogens (tertiary/aromatic N) is 3. The Labute approximate surface area is 102 Å². The molecule has 0 aliphatic heterocycles. The fraction of sp³-hybridized carbons (Fsp3) is 0.333. The summed E-state index contributed by atoms with van der Waals surface area (Å²) in [6.07, 6.45) is 3.00. The van der Waals surface area contributed by atoms with E-state index in [1.165, 1.54) is 18.0 Å². The largest absolute Gasteiger partial charge is 0.477 e. The zero-order chi connectivity index (χ0) is 12.8. The minimum Gasteiger partial charge on any atom is -0.477 e. The standard InChI is InChI=1S/C9H12N4O3S/c1-5(4-14)12-13-7-6(8(15)16)3-10-9(11-7)17-2/h3,14H,4H2,1-2H3,(H,15,16)(H,10,11,13). The number of carboxylic acid groups (broad SMARTS) is 1. The number of rotatable bonds is 5. The highest BCUT2D eigenvalue weighted by Crippen LogP contribution is 2.16. The predicted molar refractivity (Wildman–Crippen MR) is 64.6 cm³/mol. The molecule has 3 N–H and O–H groups in total. The number of carboxylic acids is 1. The Morgan fingerprint density at radius 2 is 2.35 bits per heavy atom. The Kier molecular flexibility index (Phi) is 4.85. The molecule has 8 heteroatoms. The summed E-state index contributed by atoms with van der Waals surface area (Å²) in [6.45, 7) is 1.39. The summed E-state index contributed by atoms with van der Waals surface area (Å²) in [6, 6.07) is 0. The SMILES string of the molecule is CSc1ncc(C(=O)O)c(NN=C(C)CO)n1. The molecule has 92 valence electrons. The van der Waals surface area contributed by atoms with Gasteiger partial charge >= 0.3 is 5.97 Å². The third-order valence-electron chi connectivity index (χ3n) is 1.76. The molecule has 0 spiro atoms. The molecule has 0 aliphatic carbocycles. The topological polar surface area (TPSA) is 108 Å². The van der Waals surface area contributed by atoms with E-state index in [1.807, 2.05) is 0 Å². The average Bonchev–Trinajstić information content (AvgIpc) is 2.35. The lowest BCUT2D eigenvalue weighted by Crippen LogP contribution is -2.09. The monoisotopic (exact) mass is 256 g/mol. The fourth-order valence-electron chi connectivity index (χ4n) is 0.889. The van der Waals surface area contributed by atoms with Gasteiger partial charge in [0, 0.05) is 6.20 Å². The van der Waals surface area contributed by atoms with Crippen molar-refractivity contribution in [3.05, 3.63) is 11.8 Å². The van der Waals surface area contributed by atoms with E-state index in [0.29, 0.717) is 10.9 Å². The quantitative estimate of drug-likeness (QED) is 0.307. The van der Waals surface area contributed by atoms with Crippen molar-refractivity contribution >= 4 is 29.3 Å². The normalized spacial score (nSPS) is 11.4. The molecule has 0 atom stereocenters. The highest BCUT2D eigenvalue weighted by atomic mass is 32.2. The molecular formula is C9H12N4O3S. The number of anilines is 1. The third-order valence-corrected chi connectivity index (χ3v) is 2.32. The number of hydrogen-bond donors (Lipinski definition) is 3. The maximum Gasteiger partial charge on any atom is 0.341 e. The lowest BCUT2D eigenvalue weighted by Gasteiger charge is -2.05. The number of aliphatic hydroxyl groups is 1. The van der Waals surface area contributed by atoms with Gasteiger partial charge in [-0.2, -0.15) is 5.10 Å². The summed E-state index contributed by atoms with van der Waals surface area (Å²) in [7, 11) is 0. The van der Waals surface area contributed by atoms with E-state index in [2.05, 4.69) is 20.5 Å². The summed E-state index contributed by atoms with van der Waals surface area (Å²) in [5.41, 5.74) is 2.85. The molecule has 1 aromatic heterocycles. The van der Waals surface area contributed by atoms with E-state index in [0.717, 1.165) is 0 Å². The molecule has 0 amide bonds. The average molecular weight is 256 g/mol. The van der Waals surface area contributed by atoms with Gasteiger partial charge in [0.25, 0.3) is 0 Å². The molecule has 0 fully saturated rings. The van der Waals surface area contributed by atoms with E-state index in [-0.39, 0.29) is 18.0 Å². The van der Waals surface area contributed by atoms with Crippen molar-refractivity contribution in [3.63, 3.8) is 0 Å². The molecule has 0 saturated carbocycles. The summed E-state index contributed by atoms with van der Waals surface area (Å²) in [5, 5.41) is 21.9. The van der Waals surface area contributed by atoms with Crippen LogP contribution in [-0.2, 0) is 0 Å². The maximum atomic E-state index is 10.9. The van der Waals surface area contributed by atoms with Crippen molar-refractivity contribution in [1.82, 2.24) is 9.97 Å². The Bertz CT molecular complexity index is 450. The molecule has 1 rings (SSSR count). The molecule has 0 unspecified atom stereocenters. The second kappa shape index (κ2) is 6.16. The van der Waals surface area contributed by atoms with Gasteiger partial charge in [0.15, 0.2) is 11.0 Å². The second-order valence-electron chi connectivity index (χ2n) is 3.04. The summed E-state index contributed by atoms with van der Waals surface area (Å²) in [4.78, 5) is 18.8. The first-order valence-corrected chi connectivity index (χ1v) is 5.85. The highest BCUT2D eigenvalue weighted by Gasteiger charge is 2.13. The molecule has 0 aromatic carbocycles. The molecule has 7 nitrogen and oxygen atoms in total. The van der Waals surface area contributed by atoms with E-state index >= 15 is 0 Å². The van der Waals surface area contributed by atoms with Crippen LogP contribution >= 0.6 is 11.8 Å². The van der Waals surface area contributed by atoms with Gasteiger partial charge in [0.1, 0.15) is 5.56 Å². The molecule has 0 aliphatic rings. The van der Waals surface area contributed by atoms with Gasteiger partial charge in [-0.3, -0.25) is 5.43 Å². The van der Waals surface area contributed by atoms with Crippen LogP contribution in [0.15, 0.2) is 16.5 Å². The Balaban J connectivity index is 3.05. The summed E-state index contributed by atoms with van der Waals surface area (Å²) >= 11 is 1.29. The first-order valence-electron chi connectivity index (χ1n) is 4.62. The molecule has 0 bridgehead atoms. The van der Waals surface area contributed by atoms with Crippen molar-refractivity contribution in [2.45, 2.75) is 12.1 Å². The minimum absolute atomic E-state index is 0.0720. The number of hydrazone groups is 1. The number of thioether (sulfide) groups is 1. The molecule has 0 saturated heterocycles. The van der Waals surface area contributed by atoms with E-state index < -0.39 is 5.97 Å². The highest BCUT2D eigenvalue weighted by molar-refractivity contribution is 7.98. The number of nitrogens with one attached hydrogen (secondary N) is 1. The van der Waals surface area contributed by atoms with Crippen LogP contribution in [0.2, 0.25) is 0 Å². The van der Waals surface area contributed by atoms with E-state index in [1.54, 1.807) is 13.2 Å². The van der Waals surface area contributed by atoms with Crippen LogP contribution < -0.4 is 5.43 Å². The van der Waals surface area contributed by atoms with Crippen LogP contribution in [0.4, 0.5) is 5.82 Å². The van der Waals surface area contributed by atoms with Crippen molar-refractivity contribution in [1.29, 1.82) is 0 Å². The number of carbonyl (C=O) groups is 1. The summed E-state index contributed by atoms with van der Waals surface area (Å²) < 4.78 is 0. The lowest BCUT2D eigenvalue weighted by atomic mass is 10.3. The zero-order valence-electron chi connectivity index (χ0n) is 9.34. The molecule has 0 radical (unpaired) electrons. The van der Waals surface area contributed by atoms with Gasteiger partial charge in [0.2, 0.25) is 0 Å². The van der Waals surface area contributed by atoms with Crippen LogP contribution in [0.25, 0.3) is 0 Å². The number of aromatic nitrogens is 2. The Morgan fingerprint density at radius 1 is 1.65 bits per heavy atom. The molecule has 1 heterocycles. The van der Waals surface area contributed by atoms with E-state index in [9.17, 15) is 4.79 Å². The van der Waals surface area contributed by atoms with Gasteiger partial charge in [-0.15, -0.1) is 0 Å². The Morgan fingerprint density at radius 3 is 2.88 bits per heavy atom. The van der Waals surface area contributed by atoms with Crippen molar-refractivity contribution in [2.75, 3.05) is 18.3 Å². The van der Waals surface area contributed by atoms with Crippen LogP contribution in [0.3, 0.4) is 0 Å². The third kappa shape index (κ3) is 3.68. The summed E-state index contributed by atoms with van der Waals surface area (Å²) in [5.74, 6) is -1.04. The van der Waals surface area contributed by atoms with Crippen LogP contribution in [-0.4, -0.2) is 44.7 Å². The van der Waals surface area contributed by atoms with Gasteiger partial charge in [-0.25, -0.2) is 14.8 Å². The van der Waals surface area contributed by atoms with Gasteiger partial charge in [0.05, 0.1) is 12.3 Å². The number of aromatic carboxylic acids is 1. The van der Waals surface area contributed by atoms with E-state index in [4.69, 9.17) is 10.2 Å². The second-order valence-corrected chi connectivity index (χ2v) is 3.81. The van der Waals surface area contributed by atoms with Gasteiger partial charge in [-0.1, -0.05) is 11.8 Å². The van der Waals surface area contributed by atoms with Crippen molar-refractivity contribution < 1.29 is 15.0 Å². The smallest absolute Gasteiger partial charge is 0.341 e. The lowest BCUT2D eigenvalue weighted by molar-refractivity contribution is 0.0697. The van der Waals surface area contributed by atoms with Gasteiger partial charge < -0.3 is 10.2 Å². The molecule has 17 heavy (non-hydrogen) atoms. The first-order chi connectivity index (χ1) is 8.08. The first kappa shape index (κ1) is 13.4. The zero-order valence-corrected chi connectivity index (χ0v) is 10.2. The fourth-order valence-corrected chi connectivity index (χ4v) is 1.23.